The van der Waals surface area contributed by atoms with Crippen LogP contribution in [0.2, 0.25) is 0 Å². The van der Waals surface area contributed by atoms with Crippen molar-refractivity contribution in [3.63, 3.8) is 0 Å². The Kier molecular flexibility index (Phi) is 17.4. The minimum absolute atomic E-state index is 0.0127. The lowest BCUT2D eigenvalue weighted by Crippen LogP contribution is -2.48. The Hall–Kier alpha value is -3.41. The summed E-state index contributed by atoms with van der Waals surface area (Å²) in [5, 5.41) is 21.9. The van der Waals surface area contributed by atoms with Crippen LogP contribution in [-0.4, -0.2) is 132 Å². The van der Waals surface area contributed by atoms with Crippen LogP contribution < -0.4 is 5.32 Å². The van der Waals surface area contributed by atoms with Crippen molar-refractivity contribution in [2.75, 3.05) is 65.7 Å². The molecule has 0 spiro atoms. The highest BCUT2D eigenvalue weighted by Gasteiger charge is 2.27. The average molecular weight is 673 g/mol. The van der Waals surface area contributed by atoms with Gasteiger partial charge in [-0.3, -0.25) is 33.9 Å². The molecule has 3 rings (SSSR count). The molecule has 1 amide bonds. The first-order valence-corrected chi connectivity index (χ1v) is 16.8. The third-order valence-electron chi connectivity index (χ3n) is 8.24. The van der Waals surface area contributed by atoms with Gasteiger partial charge >= 0.3 is 11.9 Å². The van der Waals surface area contributed by atoms with Gasteiger partial charge in [-0.15, -0.1) is 5.92 Å². The van der Waals surface area contributed by atoms with Crippen molar-refractivity contribution in [3.8, 4) is 11.8 Å². The van der Waals surface area contributed by atoms with E-state index in [2.05, 4.69) is 17.2 Å². The van der Waals surface area contributed by atoms with Gasteiger partial charge in [-0.05, 0) is 54.5 Å². The maximum atomic E-state index is 12.2. The molecule has 1 aliphatic carbocycles. The smallest absolute Gasteiger partial charge is 0.317 e. The molecule has 1 saturated heterocycles. The molecular formula is C34H48N4O8S. The van der Waals surface area contributed by atoms with E-state index in [1.807, 2.05) is 34.1 Å². The monoisotopic (exact) mass is 672 g/mol. The maximum Gasteiger partial charge on any atom is 0.317 e. The second kappa shape index (κ2) is 21.5. The van der Waals surface area contributed by atoms with Crippen LogP contribution in [0.1, 0.15) is 56.1 Å². The number of thiocarbonyl (C=S) groups is 1. The molecule has 1 aliphatic heterocycles. The fourth-order valence-electron chi connectivity index (χ4n) is 5.76. The van der Waals surface area contributed by atoms with Gasteiger partial charge in [-0.25, -0.2) is 0 Å². The van der Waals surface area contributed by atoms with Gasteiger partial charge in [-0.1, -0.05) is 48.8 Å². The Balaban J connectivity index is 1.49. The summed E-state index contributed by atoms with van der Waals surface area (Å²) < 4.78 is 10.7. The van der Waals surface area contributed by atoms with E-state index in [1.165, 1.54) is 0 Å². The van der Waals surface area contributed by atoms with Crippen molar-refractivity contribution < 1.29 is 38.9 Å². The van der Waals surface area contributed by atoms with Crippen LogP contribution >= 0.6 is 12.2 Å². The molecule has 0 radical (unpaired) electrons. The summed E-state index contributed by atoms with van der Waals surface area (Å²) in [4.78, 5) is 52.7. The quantitative estimate of drug-likeness (QED) is 0.0907. The maximum absolute atomic E-state index is 12.2. The first-order chi connectivity index (χ1) is 22.7. The van der Waals surface area contributed by atoms with Gasteiger partial charge < -0.3 is 25.0 Å². The topological polar surface area (TPSA) is 149 Å². The first kappa shape index (κ1) is 38.0. The van der Waals surface area contributed by atoms with Gasteiger partial charge in [0, 0.05) is 58.2 Å². The third-order valence-corrected chi connectivity index (χ3v) is 8.59. The van der Waals surface area contributed by atoms with Crippen LogP contribution in [0.3, 0.4) is 0 Å². The minimum Gasteiger partial charge on any atom is -0.480 e. The Bertz CT molecular complexity index is 1230. The predicted octanol–water partition coefficient (Wildman–Crippen LogP) is 1.98. The van der Waals surface area contributed by atoms with E-state index in [1.54, 1.807) is 4.90 Å². The highest BCUT2D eigenvalue weighted by Crippen LogP contribution is 2.16. The van der Waals surface area contributed by atoms with E-state index < -0.39 is 11.9 Å². The number of carboxylic acids is 2. The second-order valence-corrected chi connectivity index (χ2v) is 12.6. The summed E-state index contributed by atoms with van der Waals surface area (Å²) in [5.41, 5.74) is 2.09. The van der Waals surface area contributed by atoms with Crippen molar-refractivity contribution in [3.05, 3.63) is 35.4 Å². The summed E-state index contributed by atoms with van der Waals surface area (Å²) in [5.74, 6) is 4.16. The van der Waals surface area contributed by atoms with Gasteiger partial charge in [0.05, 0.1) is 13.1 Å². The molecular weight excluding hydrogens is 624 g/mol. The molecule has 13 heteroatoms. The van der Waals surface area contributed by atoms with E-state index in [9.17, 15) is 29.4 Å². The molecule has 12 nitrogen and oxygen atoms in total. The number of nitrogens with zero attached hydrogens (tertiary/aromatic N) is 3. The van der Waals surface area contributed by atoms with E-state index >= 15 is 0 Å². The number of hydrogen-bond acceptors (Lipinski definition) is 10. The Morgan fingerprint density at radius 1 is 0.979 bits per heavy atom. The van der Waals surface area contributed by atoms with Crippen LogP contribution in [0.4, 0.5) is 0 Å². The SMILES string of the molecule is O=COCN1CCN(CC(=O)O)CCN(CC(=O)O)C(Cc2ccc(CC(=S)CCCNC(=O)COC3C#CCCCCC3)cc2)C1. The summed E-state index contributed by atoms with van der Waals surface area (Å²) in [6, 6.07) is 7.89. The lowest BCUT2D eigenvalue weighted by atomic mass is 10.00. The largest absolute Gasteiger partial charge is 0.480 e. The van der Waals surface area contributed by atoms with Gasteiger partial charge in [0.2, 0.25) is 5.91 Å². The first-order valence-electron chi connectivity index (χ1n) is 16.4. The van der Waals surface area contributed by atoms with Crippen LogP contribution in [0.5, 0.6) is 0 Å². The zero-order valence-corrected chi connectivity index (χ0v) is 27.9. The molecule has 1 aromatic rings. The summed E-state index contributed by atoms with van der Waals surface area (Å²) in [6.07, 6.45) is 7.57. The van der Waals surface area contributed by atoms with Crippen molar-refractivity contribution in [2.24, 2.45) is 0 Å². The van der Waals surface area contributed by atoms with Gasteiger partial charge in [0.15, 0.2) is 0 Å². The molecule has 1 aromatic carbocycles. The van der Waals surface area contributed by atoms with Crippen molar-refractivity contribution >= 4 is 41.4 Å². The van der Waals surface area contributed by atoms with Crippen LogP contribution in [0.15, 0.2) is 24.3 Å². The van der Waals surface area contributed by atoms with E-state index in [0.29, 0.717) is 65.0 Å². The second-order valence-electron chi connectivity index (χ2n) is 12.1. The molecule has 0 bridgehead atoms. The number of benzene rings is 1. The zero-order valence-electron chi connectivity index (χ0n) is 27.1. The molecule has 3 N–H and O–H groups in total. The average Bonchev–Trinajstić information content (AvgIpc) is 3.08. The summed E-state index contributed by atoms with van der Waals surface area (Å²) in [7, 11) is 0. The molecule has 1 heterocycles. The van der Waals surface area contributed by atoms with Gasteiger partial charge in [0.25, 0.3) is 6.47 Å². The third kappa shape index (κ3) is 15.8. The van der Waals surface area contributed by atoms with Gasteiger partial charge in [-0.2, -0.15) is 0 Å². The highest BCUT2D eigenvalue weighted by molar-refractivity contribution is 7.80. The molecule has 0 saturated carbocycles. The molecule has 1 fully saturated rings. The van der Waals surface area contributed by atoms with Gasteiger partial charge in [0.1, 0.15) is 19.4 Å². The molecule has 2 aliphatic rings. The Morgan fingerprint density at radius 2 is 1.70 bits per heavy atom. The molecule has 258 valence electrons. The standard InChI is InChI=1S/C34H48N4O8S/c39-26-45-25-37-16-15-36(22-33(41)42)17-18-38(23-34(43)44)29(21-37)19-27-10-12-28(13-11-27)20-31(47)9-6-14-35-32(40)24-46-30-7-4-2-1-3-5-8-30/h10-13,26,29-30H,1-4,6-7,9,14-25H2,(H,35,40)(H,41,42)(H,43,44). The van der Waals surface area contributed by atoms with Crippen molar-refractivity contribution in [2.45, 2.75) is 69.9 Å². The predicted molar refractivity (Wildman–Crippen MR) is 180 cm³/mol. The number of carbonyl (C=O) groups is 4. The van der Waals surface area contributed by atoms with Crippen molar-refractivity contribution in [1.29, 1.82) is 0 Å². The normalized spacial score (nSPS) is 19.8. The molecule has 2 atom stereocenters. The van der Waals surface area contributed by atoms with E-state index in [0.717, 1.165) is 54.5 Å². The Morgan fingerprint density at radius 3 is 2.45 bits per heavy atom. The minimum atomic E-state index is -0.966. The summed E-state index contributed by atoms with van der Waals surface area (Å²) >= 11 is 5.62. The number of ether oxygens (including phenoxy) is 2. The molecule has 47 heavy (non-hydrogen) atoms. The number of amides is 1. The zero-order chi connectivity index (χ0) is 33.9. The lowest BCUT2D eigenvalue weighted by Gasteiger charge is -2.33. The number of nitrogens with one attached hydrogen (secondary N) is 1. The van der Waals surface area contributed by atoms with E-state index in [4.69, 9.17) is 21.7 Å². The molecule has 0 aromatic heterocycles. The fourth-order valence-corrected chi connectivity index (χ4v) is 6.07. The number of hydrogen-bond donors (Lipinski definition) is 3. The number of aliphatic carboxylic acids is 2. The van der Waals surface area contributed by atoms with Crippen LogP contribution in [0, 0.1) is 11.8 Å². The lowest BCUT2D eigenvalue weighted by molar-refractivity contribution is -0.140. The van der Waals surface area contributed by atoms with Crippen LogP contribution in [-0.2, 0) is 41.5 Å². The highest BCUT2D eigenvalue weighted by atomic mass is 32.1. The Labute approximate surface area is 282 Å². The van der Waals surface area contributed by atoms with Crippen molar-refractivity contribution in [1.82, 2.24) is 20.0 Å². The fraction of sp³-hybridized carbons (Fsp3) is 0.618. The number of carboxylic acid groups (broad SMARTS) is 2. The number of carbonyl (C=O) groups excluding carboxylic acids is 2. The van der Waals surface area contributed by atoms with Crippen LogP contribution in [0.25, 0.3) is 0 Å². The number of rotatable bonds is 18. The summed E-state index contributed by atoms with van der Waals surface area (Å²) in [6.45, 7) is 2.76. The van der Waals surface area contributed by atoms with E-state index in [-0.39, 0.29) is 44.5 Å². The molecule has 2 unspecified atom stereocenters.